The van der Waals surface area contributed by atoms with Crippen molar-refractivity contribution >= 4 is 33.5 Å². The molecule has 0 saturated heterocycles. The number of benzene rings is 2. The fourth-order valence-corrected chi connectivity index (χ4v) is 4.22. The summed E-state index contributed by atoms with van der Waals surface area (Å²) in [5, 5.41) is 2.61. The molecule has 0 unspecified atom stereocenters. The predicted molar refractivity (Wildman–Crippen MR) is 121 cm³/mol. The van der Waals surface area contributed by atoms with Crippen LogP contribution in [0.2, 0.25) is 5.02 Å². The van der Waals surface area contributed by atoms with Gasteiger partial charge in [0.05, 0.1) is 17.7 Å². The highest BCUT2D eigenvalue weighted by Crippen LogP contribution is 2.25. The third-order valence-electron chi connectivity index (χ3n) is 4.76. The molecule has 10 heteroatoms. The highest BCUT2D eigenvalue weighted by Gasteiger charge is 2.25. The van der Waals surface area contributed by atoms with Crippen LogP contribution in [0.4, 0.5) is 0 Å². The molecule has 32 heavy (non-hydrogen) atoms. The molecule has 0 aliphatic rings. The monoisotopic (exact) mass is 482 g/mol. The number of hydrogen-bond acceptors (Lipinski definition) is 6. The summed E-state index contributed by atoms with van der Waals surface area (Å²) in [6.45, 7) is 4.15. The van der Waals surface area contributed by atoms with Gasteiger partial charge in [-0.1, -0.05) is 54.2 Å². The van der Waals surface area contributed by atoms with Crippen LogP contribution in [-0.4, -0.2) is 52.1 Å². The molecule has 0 fully saturated rings. The first-order chi connectivity index (χ1) is 15.1. The largest absolute Gasteiger partial charge is 0.452 e. The fraction of sp³-hybridized carbons (Fsp3) is 0.364. The molecule has 0 saturated carbocycles. The number of sulfonamides is 1. The molecule has 1 amide bonds. The smallest absolute Gasteiger partial charge is 0.338 e. The molecule has 0 heterocycles. The lowest BCUT2D eigenvalue weighted by Crippen LogP contribution is -2.30. The van der Waals surface area contributed by atoms with Crippen molar-refractivity contribution in [2.24, 2.45) is 0 Å². The molecule has 0 bridgehead atoms. The number of esters is 1. The number of ether oxygens (including phenoxy) is 1. The van der Waals surface area contributed by atoms with Gasteiger partial charge in [-0.2, -0.15) is 0 Å². The van der Waals surface area contributed by atoms with E-state index in [1.165, 1.54) is 31.9 Å². The first-order valence-electron chi connectivity index (χ1n) is 9.91. The number of carbonyl (C=O) groups is 2. The summed E-state index contributed by atoms with van der Waals surface area (Å²) in [6.07, 6.45) is 0.642. The van der Waals surface area contributed by atoms with Crippen LogP contribution in [0.25, 0.3) is 0 Å². The molecule has 0 atom stereocenters. The van der Waals surface area contributed by atoms with E-state index in [0.29, 0.717) is 23.4 Å². The summed E-state index contributed by atoms with van der Waals surface area (Å²) in [7, 11) is -1.68. The Kier molecular flexibility index (Phi) is 9.21. The molecule has 0 radical (unpaired) electrons. The van der Waals surface area contributed by atoms with E-state index in [4.69, 9.17) is 21.2 Å². The van der Waals surface area contributed by atoms with E-state index in [1.54, 1.807) is 0 Å². The van der Waals surface area contributed by atoms with Crippen LogP contribution in [0.1, 0.15) is 41.3 Å². The van der Waals surface area contributed by atoms with Crippen molar-refractivity contribution in [1.29, 1.82) is 0 Å². The van der Waals surface area contributed by atoms with E-state index in [-0.39, 0.29) is 15.5 Å². The Morgan fingerprint density at radius 3 is 2.38 bits per heavy atom. The van der Waals surface area contributed by atoms with Crippen LogP contribution in [0.15, 0.2) is 47.4 Å². The van der Waals surface area contributed by atoms with Gasteiger partial charge in [-0.3, -0.25) is 9.63 Å². The second kappa shape index (κ2) is 11.4. The van der Waals surface area contributed by atoms with Crippen LogP contribution in [0.3, 0.4) is 0 Å². The van der Waals surface area contributed by atoms with Crippen LogP contribution < -0.4 is 5.32 Å². The molecule has 2 aromatic rings. The summed E-state index contributed by atoms with van der Waals surface area (Å²) in [6, 6.07) is 11.8. The molecule has 2 rings (SSSR count). The van der Waals surface area contributed by atoms with E-state index >= 15 is 0 Å². The number of hydroxylamine groups is 1. The molecule has 8 nitrogen and oxygen atoms in total. The molecule has 0 aliphatic carbocycles. The lowest BCUT2D eigenvalue weighted by Gasteiger charge is -2.15. The highest BCUT2D eigenvalue weighted by molar-refractivity contribution is 7.89. The van der Waals surface area contributed by atoms with Gasteiger partial charge in [-0.05, 0) is 41.7 Å². The predicted octanol–water partition coefficient (Wildman–Crippen LogP) is 3.16. The number of halogens is 1. The van der Waals surface area contributed by atoms with E-state index in [1.807, 2.05) is 12.1 Å². The quantitative estimate of drug-likeness (QED) is 0.412. The number of rotatable bonds is 10. The maximum Gasteiger partial charge on any atom is 0.338 e. The van der Waals surface area contributed by atoms with Gasteiger partial charge >= 0.3 is 5.97 Å². The van der Waals surface area contributed by atoms with E-state index in [9.17, 15) is 18.0 Å². The average molecular weight is 483 g/mol. The topological polar surface area (TPSA) is 102 Å². The Labute approximate surface area is 193 Å². The number of nitrogens with one attached hydrogen (secondary N) is 1. The van der Waals surface area contributed by atoms with Crippen LogP contribution in [0, 0.1) is 0 Å². The summed E-state index contributed by atoms with van der Waals surface area (Å²) in [4.78, 5) is 28.7. The summed E-state index contributed by atoms with van der Waals surface area (Å²) >= 11 is 5.97. The Bertz CT molecular complexity index is 1050. The maximum atomic E-state index is 12.4. The minimum Gasteiger partial charge on any atom is -0.452 e. The van der Waals surface area contributed by atoms with Gasteiger partial charge in [0.2, 0.25) is 0 Å². The van der Waals surface area contributed by atoms with Gasteiger partial charge in [0.25, 0.3) is 15.9 Å². The first-order valence-corrected chi connectivity index (χ1v) is 11.7. The van der Waals surface area contributed by atoms with E-state index < -0.39 is 28.5 Å². The van der Waals surface area contributed by atoms with Crippen molar-refractivity contribution in [3.63, 3.8) is 0 Å². The minimum atomic E-state index is -4.06. The summed E-state index contributed by atoms with van der Waals surface area (Å²) in [5.74, 6) is -0.855. The van der Waals surface area contributed by atoms with Crippen LogP contribution in [0.5, 0.6) is 0 Å². The van der Waals surface area contributed by atoms with Gasteiger partial charge in [-0.25, -0.2) is 13.2 Å². The number of hydrogen-bond donors (Lipinski definition) is 1. The van der Waals surface area contributed by atoms with Gasteiger partial charge in [-0.15, -0.1) is 0 Å². The third-order valence-corrected chi connectivity index (χ3v) is 6.92. The fourth-order valence-electron chi connectivity index (χ4n) is 2.75. The number of nitrogens with zero attached hydrogens (tertiary/aromatic N) is 1. The molecule has 0 aliphatic heterocycles. The number of amides is 1. The molecular formula is C22H27ClN2O6S. The van der Waals surface area contributed by atoms with E-state index in [0.717, 1.165) is 11.6 Å². The highest BCUT2D eigenvalue weighted by atomic mass is 35.5. The maximum absolute atomic E-state index is 12.4. The first kappa shape index (κ1) is 25.8. The SMILES string of the molecule is CON(C)S(=O)(=O)c1cc(C(=O)OCC(=O)NCCc2ccc(C(C)C)cc2)ccc1Cl. The lowest BCUT2D eigenvalue weighted by atomic mass is 10.0. The minimum absolute atomic E-state index is 0.0597. The van der Waals surface area contributed by atoms with Crippen molar-refractivity contribution in [1.82, 2.24) is 9.79 Å². The Balaban J connectivity index is 1.89. The van der Waals surface area contributed by atoms with Crippen molar-refractivity contribution in [3.8, 4) is 0 Å². The second-order valence-corrected chi connectivity index (χ2v) is 9.63. The molecule has 0 aromatic heterocycles. The van der Waals surface area contributed by atoms with Crippen molar-refractivity contribution in [2.45, 2.75) is 31.1 Å². The standard InChI is InChI=1S/C22H27ClN2O6S/c1-15(2)17-7-5-16(6-8-17)11-12-24-21(26)14-31-22(27)18-9-10-19(23)20(13-18)32(28,29)25(3)30-4/h5-10,13,15H,11-12,14H2,1-4H3,(H,24,26). The van der Waals surface area contributed by atoms with Gasteiger partial charge in [0.1, 0.15) is 4.90 Å². The molecule has 2 aromatic carbocycles. The van der Waals surface area contributed by atoms with Gasteiger partial charge < -0.3 is 10.1 Å². The molecule has 1 N–H and O–H groups in total. The Morgan fingerprint density at radius 1 is 1.12 bits per heavy atom. The Hall–Kier alpha value is -2.46. The zero-order valence-corrected chi connectivity index (χ0v) is 20.0. The van der Waals surface area contributed by atoms with Gasteiger partial charge in [0.15, 0.2) is 6.61 Å². The van der Waals surface area contributed by atoms with Gasteiger partial charge in [0, 0.05) is 13.6 Å². The third kappa shape index (κ3) is 6.77. The summed E-state index contributed by atoms with van der Waals surface area (Å²) < 4.78 is 30.4. The zero-order valence-electron chi connectivity index (χ0n) is 18.4. The second-order valence-electron chi connectivity index (χ2n) is 7.31. The van der Waals surface area contributed by atoms with Crippen molar-refractivity contribution in [3.05, 3.63) is 64.2 Å². The van der Waals surface area contributed by atoms with Crippen LogP contribution >= 0.6 is 11.6 Å². The average Bonchev–Trinajstić information content (AvgIpc) is 2.77. The van der Waals surface area contributed by atoms with Crippen molar-refractivity contribution in [2.75, 3.05) is 27.3 Å². The number of carbonyl (C=O) groups excluding carboxylic acids is 2. The molecule has 174 valence electrons. The summed E-state index contributed by atoms with van der Waals surface area (Å²) in [5.41, 5.74) is 2.27. The molecule has 0 spiro atoms. The van der Waals surface area contributed by atoms with Crippen molar-refractivity contribution < 1.29 is 27.6 Å². The lowest BCUT2D eigenvalue weighted by molar-refractivity contribution is -0.124. The Morgan fingerprint density at radius 2 is 1.78 bits per heavy atom. The van der Waals surface area contributed by atoms with E-state index in [2.05, 4.69) is 31.3 Å². The molecular weight excluding hydrogens is 456 g/mol. The van der Waals surface area contributed by atoms with Crippen LogP contribution in [-0.2, 0) is 30.8 Å². The normalized spacial score (nSPS) is 11.6. The zero-order chi connectivity index (χ0) is 23.9.